The summed E-state index contributed by atoms with van der Waals surface area (Å²) in [5, 5.41) is 9.28. The molecular weight excluding hydrogens is 280 g/mol. The van der Waals surface area contributed by atoms with Crippen LogP contribution in [0.5, 0.6) is 5.75 Å². The third kappa shape index (κ3) is 2.32. The average Bonchev–Trinajstić information content (AvgIpc) is 3.36. The first-order valence-corrected chi connectivity index (χ1v) is 7.64. The summed E-state index contributed by atoms with van der Waals surface area (Å²) in [6.45, 7) is 2.42. The lowest BCUT2D eigenvalue weighted by atomic mass is 10.1. The van der Waals surface area contributed by atoms with Gasteiger partial charge >= 0.3 is 0 Å². The van der Waals surface area contributed by atoms with E-state index < -0.39 is 5.43 Å². The number of rotatable bonds is 3. The van der Waals surface area contributed by atoms with E-state index in [0.717, 1.165) is 19.4 Å². The van der Waals surface area contributed by atoms with Crippen molar-refractivity contribution in [1.82, 2.24) is 0 Å². The van der Waals surface area contributed by atoms with Crippen LogP contribution in [-0.4, -0.2) is 24.2 Å². The summed E-state index contributed by atoms with van der Waals surface area (Å²) in [4.78, 5) is 16.3. The van der Waals surface area contributed by atoms with E-state index in [1.54, 1.807) is 0 Å². The van der Waals surface area contributed by atoms with Gasteiger partial charge in [0.25, 0.3) is 0 Å². The summed E-state index contributed by atoms with van der Waals surface area (Å²) >= 11 is 0. The second kappa shape index (κ2) is 5.09. The molecule has 2 aliphatic rings. The summed E-state index contributed by atoms with van der Waals surface area (Å²) in [5.41, 5.74) is 2.04. The van der Waals surface area contributed by atoms with Gasteiger partial charge in [-0.15, -0.1) is 0 Å². The molecule has 0 amide bonds. The Morgan fingerprint density at radius 1 is 1.18 bits per heavy atom. The monoisotopic (exact) mass is 298 g/mol. The van der Waals surface area contributed by atoms with Crippen LogP contribution in [-0.2, 0) is 6.54 Å². The molecular formula is C17H18N2O3. The highest BCUT2D eigenvalue weighted by Gasteiger charge is 2.33. The topological polar surface area (TPSA) is 56.9 Å². The molecule has 1 aliphatic heterocycles. The predicted molar refractivity (Wildman–Crippen MR) is 84.5 cm³/mol. The molecule has 22 heavy (non-hydrogen) atoms. The minimum absolute atomic E-state index is 0.345. The van der Waals surface area contributed by atoms with E-state index in [9.17, 15) is 9.90 Å². The maximum Gasteiger partial charge on any atom is 0.226 e. The van der Waals surface area contributed by atoms with E-state index in [0.29, 0.717) is 18.3 Å². The van der Waals surface area contributed by atoms with Gasteiger partial charge in [-0.3, -0.25) is 4.79 Å². The number of fused-ring (bicyclic) bond motifs is 1. The molecule has 0 atom stereocenters. The Hall–Kier alpha value is -2.43. The van der Waals surface area contributed by atoms with Gasteiger partial charge in [-0.2, -0.15) is 0 Å². The fraction of sp³-hybridized carbons (Fsp3) is 0.353. The summed E-state index contributed by atoms with van der Waals surface area (Å²) in [5.74, 6) is 0.222. The molecule has 4 rings (SSSR count). The van der Waals surface area contributed by atoms with Crippen LogP contribution in [0.15, 0.2) is 45.8 Å². The van der Waals surface area contributed by atoms with Crippen molar-refractivity contribution in [3.05, 3.63) is 52.6 Å². The van der Waals surface area contributed by atoms with Gasteiger partial charge in [-0.05, 0) is 25.0 Å². The van der Waals surface area contributed by atoms with Crippen LogP contribution in [0.2, 0.25) is 0 Å². The van der Waals surface area contributed by atoms with Crippen molar-refractivity contribution in [2.24, 2.45) is 0 Å². The van der Waals surface area contributed by atoms with Crippen molar-refractivity contribution >= 4 is 11.4 Å². The maximum absolute atomic E-state index is 11.5. The lowest BCUT2D eigenvalue weighted by Gasteiger charge is -2.38. The normalized spacial score (nSPS) is 17.5. The fourth-order valence-corrected chi connectivity index (χ4v) is 3.09. The van der Waals surface area contributed by atoms with Gasteiger partial charge in [0.2, 0.25) is 5.43 Å². The second-order valence-corrected chi connectivity index (χ2v) is 5.93. The molecule has 114 valence electrons. The van der Waals surface area contributed by atoms with Crippen LogP contribution in [0.3, 0.4) is 0 Å². The van der Waals surface area contributed by atoms with Gasteiger partial charge in [0.05, 0.1) is 17.9 Å². The smallest absolute Gasteiger partial charge is 0.226 e. The lowest BCUT2D eigenvalue weighted by molar-refractivity contribution is 0.411. The highest BCUT2D eigenvalue weighted by molar-refractivity contribution is 5.74. The van der Waals surface area contributed by atoms with Gasteiger partial charge in [0.1, 0.15) is 12.0 Å². The first kappa shape index (κ1) is 13.2. The molecule has 1 aromatic carbocycles. The number of aromatic hydroxyl groups is 1. The van der Waals surface area contributed by atoms with Crippen molar-refractivity contribution in [3.63, 3.8) is 0 Å². The third-order valence-electron chi connectivity index (χ3n) is 4.34. The number of anilines is 2. The Kier molecular flexibility index (Phi) is 3.06. The Bertz CT molecular complexity index is 752. The Morgan fingerprint density at radius 2 is 1.95 bits per heavy atom. The molecule has 0 saturated heterocycles. The van der Waals surface area contributed by atoms with Crippen molar-refractivity contribution in [2.75, 3.05) is 22.9 Å². The third-order valence-corrected chi connectivity index (χ3v) is 4.34. The van der Waals surface area contributed by atoms with Gasteiger partial charge in [-0.25, -0.2) is 0 Å². The second-order valence-electron chi connectivity index (χ2n) is 5.93. The highest BCUT2D eigenvalue weighted by Crippen LogP contribution is 2.40. The first-order chi connectivity index (χ1) is 10.7. The van der Waals surface area contributed by atoms with Gasteiger partial charge in [0.15, 0.2) is 5.75 Å². The number of para-hydroxylation sites is 2. The van der Waals surface area contributed by atoms with E-state index in [1.807, 2.05) is 6.07 Å². The Morgan fingerprint density at radius 3 is 2.68 bits per heavy atom. The van der Waals surface area contributed by atoms with Crippen LogP contribution in [0.4, 0.5) is 11.4 Å². The molecule has 1 aromatic heterocycles. The van der Waals surface area contributed by atoms with E-state index in [4.69, 9.17) is 4.42 Å². The molecule has 2 aromatic rings. The predicted octanol–water partition coefficient (Wildman–Crippen LogP) is 2.33. The van der Waals surface area contributed by atoms with Crippen LogP contribution < -0.4 is 15.2 Å². The Balaban J connectivity index is 1.63. The SMILES string of the molecule is O=c1cc(CN2CCN(C3CC3)c3ccccc32)occ1O. The van der Waals surface area contributed by atoms with Crippen molar-refractivity contribution in [3.8, 4) is 5.75 Å². The largest absolute Gasteiger partial charge is 0.502 e. The summed E-state index contributed by atoms with van der Waals surface area (Å²) in [7, 11) is 0. The van der Waals surface area contributed by atoms with Gasteiger partial charge in [0, 0.05) is 25.2 Å². The molecule has 1 fully saturated rings. The molecule has 0 unspecified atom stereocenters. The maximum atomic E-state index is 11.5. The number of hydrogen-bond donors (Lipinski definition) is 1. The zero-order valence-corrected chi connectivity index (χ0v) is 12.2. The molecule has 2 heterocycles. The van der Waals surface area contributed by atoms with Gasteiger partial charge < -0.3 is 19.3 Å². The number of hydrogen-bond acceptors (Lipinski definition) is 5. The Labute approximate surface area is 128 Å². The molecule has 1 aliphatic carbocycles. The van der Waals surface area contributed by atoms with E-state index in [-0.39, 0.29) is 5.75 Å². The van der Waals surface area contributed by atoms with E-state index >= 15 is 0 Å². The van der Waals surface area contributed by atoms with Crippen LogP contribution in [0.1, 0.15) is 18.6 Å². The summed E-state index contributed by atoms with van der Waals surface area (Å²) < 4.78 is 5.34. The summed E-state index contributed by atoms with van der Waals surface area (Å²) in [6.07, 6.45) is 3.67. The van der Waals surface area contributed by atoms with Crippen molar-refractivity contribution in [2.45, 2.75) is 25.4 Å². The average molecular weight is 298 g/mol. The van der Waals surface area contributed by atoms with Crippen LogP contribution in [0.25, 0.3) is 0 Å². The molecule has 0 spiro atoms. The zero-order chi connectivity index (χ0) is 15.1. The zero-order valence-electron chi connectivity index (χ0n) is 12.2. The molecule has 5 nitrogen and oxygen atoms in total. The lowest BCUT2D eigenvalue weighted by Crippen LogP contribution is -2.41. The number of benzene rings is 1. The van der Waals surface area contributed by atoms with Crippen LogP contribution >= 0.6 is 0 Å². The molecule has 0 radical (unpaired) electrons. The quantitative estimate of drug-likeness (QED) is 0.942. The highest BCUT2D eigenvalue weighted by atomic mass is 16.4. The van der Waals surface area contributed by atoms with E-state index in [1.165, 1.54) is 30.3 Å². The minimum atomic E-state index is -0.397. The standard InChI is InChI=1S/C17H18N2O3/c20-16-9-13(22-11-17(16)21)10-18-7-8-19(12-5-6-12)15-4-2-1-3-14(15)18/h1-4,9,11-12,21H,5-8,10H2. The molecule has 5 heteroatoms. The van der Waals surface area contributed by atoms with Crippen molar-refractivity contribution < 1.29 is 9.52 Å². The first-order valence-electron chi connectivity index (χ1n) is 7.64. The summed E-state index contributed by atoms with van der Waals surface area (Å²) in [6, 6.07) is 10.4. The van der Waals surface area contributed by atoms with E-state index in [2.05, 4.69) is 28.0 Å². The van der Waals surface area contributed by atoms with Crippen LogP contribution in [0, 0.1) is 0 Å². The molecule has 1 N–H and O–H groups in total. The van der Waals surface area contributed by atoms with Gasteiger partial charge in [-0.1, -0.05) is 12.1 Å². The molecule has 1 saturated carbocycles. The van der Waals surface area contributed by atoms with Crippen molar-refractivity contribution in [1.29, 1.82) is 0 Å². The number of nitrogens with zero attached hydrogens (tertiary/aromatic N) is 2. The fourth-order valence-electron chi connectivity index (χ4n) is 3.09. The molecule has 0 bridgehead atoms. The minimum Gasteiger partial charge on any atom is -0.502 e.